The predicted molar refractivity (Wildman–Crippen MR) is 68.5 cm³/mol. The zero-order chi connectivity index (χ0) is 12.4. The lowest BCUT2D eigenvalue weighted by Crippen LogP contribution is -2.02. The summed E-state index contributed by atoms with van der Waals surface area (Å²) in [6.45, 7) is 6.15. The van der Waals surface area contributed by atoms with Gasteiger partial charge in [0.15, 0.2) is 5.82 Å². The second-order valence-electron chi connectivity index (χ2n) is 4.42. The van der Waals surface area contributed by atoms with Crippen molar-refractivity contribution in [2.24, 2.45) is 0 Å². The molecule has 2 heterocycles. The SMILES string of the molecule is Cc1ccc(-c2nc(N)cc(C(C)C)n2)nc1. The van der Waals surface area contributed by atoms with Crippen molar-refractivity contribution in [2.75, 3.05) is 5.73 Å². The van der Waals surface area contributed by atoms with Gasteiger partial charge in [-0.15, -0.1) is 0 Å². The van der Waals surface area contributed by atoms with Crippen LogP contribution in [-0.4, -0.2) is 15.0 Å². The van der Waals surface area contributed by atoms with Crippen LogP contribution in [0.25, 0.3) is 11.5 Å². The summed E-state index contributed by atoms with van der Waals surface area (Å²) in [7, 11) is 0. The van der Waals surface area contributed by atoms with Crippen molar-refractivity contribution in [3.05, 3.63) is 35.7 Å². The maximum atomic E-state index is 5.79. The first kappa shape index (κ1) is 11.5. The molecule has 4 heteroatoms. The molecule has 2 aromatic heterocycles. The largest absolute Gasteiger partial charge is 0.384 e. The summed E-state index contributed by atoms with van der Waals surface area (Å²) in [6, 6.07) is 5.71. The van der Waals surface area contributed by atoms with Crippen molar-refractivity contribution in [1.82, 2.24) is 15.0 Å². The van der Waals surface area contributed by atoms with E-state index in [-0.39, 0.29) is 0 Å². The Balaban J connectivity index is 2.48. The highest BCUT2D eigenvalue weighted by atomic mass is 15.0. The lowest BCUT2D eigenvalue weighted by molar-refractivity contribution is 0.817. The van der Waals surface area contributed by atoms with Crippen LogP contribution in [0, 0.1) is 6.92 Å². The van der Waals surface area contributed by atoms with Crippen LogP contribution >= 0.6 is 0 Å². The molecule has 0 amide bonds. The highest BCUT2D eigenvalue weighted by Gasteiger charge is 2.08. The van der Waals surface area contributed by atoms with Gasteiger partial charge >= 0.3 is 0 Å². The van der Waals surface area contributed by atoms with E-state index in [9.17, 15) is 0 Å². The molecule has 0 aromatic carbocycles. The molecule has 4 nitrogen and oxygen atoms in total. The fourth-order valence-electron chi connectivity index (χ4n) is 1.50. The molecular formula is C13H16N4. The van der Waals surface area contributed by atoms with Crippen LogP contribution in [0.2, 0.25) is 0 Å². The molecule has 88 valence electrons. The third kappa shape index (κ3) is 2.58. The van der Waals surface area contributed by atoms with Crippen molar-refractivity contribution in [2.45, 2.75) is 26.7 Å². The van der Waals surface area contributed by atoms with Crippen LogP contribution in [-0.2, 0) is 0 Å². The van der Waals surface area contributed by atoms with E-state index in [1.807, 2.05) is 25.1 Å². The quantitative estimate of drug-likeness (QED) is 0.857. The van der Waals surface area contributed by atoms with E-state index in [1.54, 1.807) is 6.20 Å². The molecule has 0 bridgehead atoms. The van der Waals surface area contributed by atoms with E-state index < -0.39 is 0 Å². The molecule has 2 aromatic rings. The third-order valence-corrected chi connectivity index (χ3v) is 2.50. The van der Waals surface area contributed by atoms with Gasteiger partial charge < -0.3 is 5.73 Å². The highest BCUT2D eigenvalue weighted by molar-refractivity contribution is 5.52. The summed E-state index contributed by atoms with van der Waals surface area (Å²) in [6.07, 6.45) is 1.80. The summed E-state index contributed by atoms with van der Waals surface area (Å²) in [5.74, 6) is 1.40. The molecule has 0 spiro atoms. The molecule has 0 aliphatic rings. The fraction of sp³-hybridized carbons (Fsp3) is 0.308. The number of nitrogens with two attached hydrogens (primary N) is 1. The minimum Gasteiger partial charge on any atom is -0.384 e. The number of rotatable bonds is 2. The molecule has 0 fully saturated rings. The normalized spacial score (nSPS) is 10.8. The maximum absolute atomic E-state index is 5.79. The monoisotopic (exact) mass is 228 g/mol. The van der Waals surface area contributed by atoms with E-state index in [2.05, 4.69) is 28.8 Å². The first-order valence-corrected chi connectivity index (χ1v) is 5.63. The molecule has 0 atom stereocenters. The van der Waals surface area contributed by atoms with Crippen LogP contribution < -0.4 is 5.73 Å². The smallest absolute Gasteiger partial charge is 0.180 e. The topological polar surface area (TPSA) is 64.7 Å². The van der Waals surface area contributed by atoms with Gasteiger partial charge in [-0.3, -0.25) is 4.98 Å². The van der Waals surface area contributed by atoms with E-state index >= 15 is 0 Å². The first-order chi connectivity index (χ1) is 8.06. The first-order valence-electron chi connectivity index (χ1n) is 5.63. The lowest BCUT2D eigenvalue weighted by atomic mass is 10.1. The number of hydrogen-bond donors (Lipinski definition) is 1. The highest BCUT2D eigenvalue weighted by Crippen LogP contribution is 2.19. The van der Waals surface area contributed by atoms with Crippen LogP contribution in [0.1, 0.15) is 31.0 Å². The summed E-state index contributed by atoms with van der Waals surface area (Å²) in [4.78, 5) is 13.0. The number of nitrogens with zero attached hydrogens (tertiary/aromatic N) is 3. The van der Waals surface area contributed by atoms with E-state index in [0.29, 0.717) is 17.6 Å². The molecule has 2 rings (SSSR count). The van der Waals surface area contributed by atoms with Gasteiger partial charge in [0.25, 0.3) is 0 Å². The Morgan fingerprint density at radius 1 is 1.18 bits per heavy atom. The average Bonchev–Trinajstić information content (AvgIpc) is 2.29. The van der Waals surface area contributed by atoms with E-state index in [0.717, 1.165) is 17.0 Å². The van der Waals surface area contributed by atoms with Crippen LogP contribution in [0.3, 0.4) is 0 Å². The van der Waals surface area contributed by atoms with Crippen LogP contribution in [0.5, 0.6) is 0 Å². The Labute approximate surface area is 101 Å². The molecule has 0 radical (unpaired) electrons. The van der Waals surface area contributed by atoms with Crippen LogP contribution in [0.4, 0.5) is 5.82 Å². The Morgan fingerprint density at radius 3 is 2.53 bits per heavy atom. The average molecular weight is 228 g/mol. The summed E-state index contributed by atoms with van der Waals surface area (Å²) >= 11 is 0. The minimum atomic E-state index is 0.324. The van der Waals surface area contributed by atoms with E-state index in [4.69, 9.17) is 5.73 Å². The Morgan fingerprint density at radius 2 is 1.94 bits per heavy atom. The van der Waals surface area contributed by atoms with Gasteiger partial charge in [-0.25, -0.2) is 9.97 Å². The molecule has 0 aliphatic heterocycles. The van der Waals surface area contributed by atoms with Gasteiger partial charge in [0.1, 0.15) is 11.5 Å². The molecular weight excluding hydrogens is 212 g/mol. The number of aromatic nitrogens is 3. The van der Waals surface area contributed by atoms with Gasteiger partial charge in [0.2, 0.25) is 0 Å². The molecule has 0 saturated heterocycles. The summed E-state index contributed by atoms with van der Waals surface area (Å²) in [5, 5.41) is 0. The molecule has 17 heavy (non-hydrogen) atoms. The maximum Gasteiger partial charge on any atom is 0.180 e. The molecule has 0 saturated carbocycles. The van der Waals surface area contributed by atoms with E-state index in [1.165, 1.54) is 0 Å². The number of anilines is 1. The van der Waals surface area contributed by atoms with Crippen LogP contribution in [0.15, 0.2) is 24.4 Å². The summed E-state index contributed by atoms with van der Waals surface area (Å²) in [5.41, 5.74) is 8.59. The van der Waals surface area contributed by atoms with Crippen molar-refractivity contribution in [3.8, 4) is 11.5 Å². The van der Waals surface area contributed by atoms with Gasteiger partial charge in [-0.05, 0) is 24.5 Å². The fourth-order valence-corrected chi connectivity index (χ4v) is 1.50. The predicted octanol–water partition coefficient (Wildman–Crippen LogP) is 2.55. The van der Waals surface area contributed by atoms with Gasteiger partial charge in [-0.2, -0.15) is 0 Å². The van der Waals surface area contributed by atoms with Crippen molar-refractivity contribution in [3.63, 3.8) is 0 Å². The second kappa shape index (κ2) is 4.49. The number of pyridine rings is 1. The Hall–Kier alpha value is -1.97. The number of aryl methyl sites for hydroxylation is 1. The third-order valence-electron chi connectivity index (χ3n) is 2.50. The number of hydrogen-bond acceptors (Lipinski definition) is 4. The Kier molecular flexibility index (Phi) is 3.04. The standard InChI is InChI=1S/C13H16N4/c1-8(2)11-6-12(14)17-13(16-11)10-5-4-9(3)7-15-10/h4-8H,1-3H3,(H2,14,16,17). The molecule has 2 N–H and O–H groups in total. The summed E-state index contributed by atoms with van der Waals surface area (Å²) < 4.78 is 0. The zero-order valence-electron chi connectivity index (χ0n) is 10.3. The van der Waals surface area contributed by atoms with Crippen molar-refractivity contribution < 1.29 is 0 Å². The van der Waals surface area contributed by atoms with Gasteiger partial charge in [-0.1, -0.05) is 19.9 Å². The molecule has 0 unspecified atom stereocenters. The zero-order valence-corrected chi connectivity index (χ0v) is 10.3. The molecule has 0 aliphatic carbocycles. The van der Waals surface area contributed by atoms with Crippen molar-refractivity contribution in [1.29, 1.82) is 0 Å². The lowest BCUT2D eigenvalue weighted by Gasteiger charge is -2.07. The Bertz CT molecular complexity index is 517. The second-order valence-corrected chi connectivity index (χ2v) is 4.42. The minimum absolute atomic E-state index is 0.324. The number of nitrogen functional groups attached to an aromatic ring is 1. The van der Waals surface area contributed by atoms with Gasteiger partial charge in [0, 0.05) is 18.0 Å². The van der Waals surface area contributed by atoms with Crippen molar-refractivity contribution >= 4 is 5.82 Å². The van der Waals surface area contributed by atoms with Gasteiger partial charge in [0.05, 0.1) is 0 Å².